The minimum atomic E-state index is -0.867. The largest absolute Gasteiger partial charge is 0.378 e. The maximum absolute atomic E-state index is 9.76. The summed E-state index contributed by atoms with van der Waals surface area (Å²) >= 11 is 0. The molecule has 1 aliphatic heterocycles. The number of aliphatic hydroxyl groups excluding tert-OH is 3. The van der Waals surface area contributed by atoms with E-state index < -0.39 is 18.7 Å². The number of nitrogens with two attached hydrogens (primary N) is 1. The molecule has 6 heteroatoms. The SMILES string of the molecule is NOC(O)C1CCC(CN2C(O)CCC2O)CC1. The normalized spacial score (nSPS) is 40.0. The second-order valence-corrected chi connectivity index (χ2v) is 5.54. The highest BCUT2D eigenvalue weighted by Gasteiger charge is 2.34. The summed E-state index contributed by atoms with van der Waals surface area (Å²) in [5.74, 6) is 5.56. The van der Waals surface area contributed by atoms with E-state index in [0.717, 1.165) is 32.2 Å². The molecule has 1 aliphatic carbocycles. The van der Waals surface area contributed by atoms with Gasteiger partial charge in [0.15, 0.2) is 6.29 Å². The highest BCUT2D eigenvalue weighted by atomic mass is 16.7. The quantitative estimate of drug-likeness (QED) is 0.410. The molecule has 3 atom stereocenters. The standard InChI is InChI=1S/C12H24N2O4/c13-18-12(17)9-3-1-8(2-4-9)7-14-10(15)5-6-11(14)16/h8-12,15-17H,1-7,13H2. The lowest BCUT2D eigenvalue weighted by Gasteiger charge is -2.34. The Morgan fingerprint density at radius 1 is 1.06 bits per heavy atom. The summed E-state index contributed by atoms with van der Waals surface area (Å²) in [6.07, 6.45) is 3.13. The van der Waals surface area contributed by atoms with Crippen molar-refractivity contribution in [3.63, 3.8) is 0 Å². The number of likely N-dealkylation sites (tertiary alicyclic amines) is 1. The third-order valence-corrected chi connectivity index (χ3v) is 4.35. The van der Waals surface area contributed by atoms with Crippen molar-refractivity contribution in [3.05, 3.63) is 0 Å². The van der Waals surface area contributed by atoms with Crippen molar-refractivity contribution in [3.8, 4) is 0 Å². The summed E-state index contributed by atoms with van der Waals surface area (Å²) in [7, 11) is 0. The first-order valence-corrected chi connectivity index (χ1v) is 6.77. The highest BCUT2D eigenvalue weighted by Crippen LogP contribution is 2.33. The van der Waals surface area contributed by atoms with Crippen LogP contribution < -0.4 is 5.90 Å². The van der Waals surface area contributed by atoms with Crippen LogP contribution in [0, 0.1) is 11.8 Å². The van der Waals surface area contributed by atoms with Gasteiger partial charge in [-0.05, 0) is 44.4 Å². The number of rotatable bonds is 4. The van der Waals surface area contributed by atoms with E-state index in [1.165, 1.54) is 0 Å². The number of hydrogen-bond acceptors (Lipinski definition) is 6. The second kappa shape index (κ2) is 6.27. The fourth-order valence-corrected chi connectivity index (χ4v) is 3.14. The van der Waals surface area contributed by atoms with E-state index in [-0.39, 0.29) is 5.92 Å². The van der Waals surface area contributed by atoms with Crippen LogP contribution in [0.1, 0.15) is 38.5 Å². The molecule has 18 heavy (non-hydrogen) atoms. The van der Waals surface area contributed by atoms with Crippen LogP contribution in [0.25, 0.3) is 0 Å². The van der Waals surface area contributed by atoms with Gasteiger partial charge in [0.1, 0.15) is 12.5 Å². The maximum Gasteiger partial charge on any atom is 0.176 e. The van der Waals surface area contributed by atoms with Crippen molar-refractivity contribution in [1.82, 2.24) is 4.90 Å². The molecule has 2 fully saturated rings. The molecule has 1 heterocycles. The van der Waals surface area contributed by atoms with Crippen LogP contribution in [0.2, 0.25) is 0 Å². The summed E-state index contributed by atoms with van der Waals surface area (Å²) in [6.45, 7) is 0.731. The monoisotopic (exact) mass is 260 g/mol. The lowest BCUT2D eigenvalue weighted by atomic mass is 9.81. The van der Waals surface area contributed by atoms with Gasteiger partial charge in [-0.25, -0.2) is 5.90 Å². The summed E-state index contributed by atoms with van der Waals surface area (Å²) in [5, 5.41) is 29.0. The Balaban J connectivity index is 1.76. The molecule has 2 rings (SSSR count). The van der Waals surface area contributed by atoms with Crippen LogP contribution in [-0.4, -0.2) is 45.5 Å². The Kier molecular flexibility index (Phi) is 4.94. The van der Waals surface area contributed by atoms with E-state index in [1.807, 2.05) is 0 Å². The zero-order valence-electron chi connectivity index (χ0n) is 10.6. The fraction of sp³-hybridized carbons (Fsp3) is 1.00. The smallest absolute Gasteiger partial charge is 0.176 e. The van der Waals surface area contributed by atoms with E-state index in [4.69, 9.17) is 5.90 Å². The predicted octanol–water partition coefficient (Wildman–Crippen LogP) is -0.266. The molecule has 3 unspecified atom stereocenters. The molecule has 0 spiro atoms. The van der Waals surface area contributed by atoms with Crippen molar-refractivity contribution < 1.29 is 20.2 Å². The Bertz CT molecular complexity index is 248. The van der Waals surface area contributed by atoms with Gasteiger partial charge in [-0.3, -0.25) is 9.74 Å². The molecule has 0 aromatic carbocycles. The summed E-state index contributed by atoms with van der Waals surface area (Å²) in [6, 6.07) is 0. The molecular formula is C12H24N2O4. The number of hydrogen-bond donors (Lipinski definition) is 4. The van der Waals surface area contributed by atoms with E-state index in [2.05, 4.69) is 4.84 Å². The maximum atomic E-state index is 9.76. The van der Waals surface area contributed by atoms with Gasteiger partial charge < -0.3 is 15.3 Å². The first-order chi connectivity index (χ1) is 8.61. The van der Waals surface area contributed by atoms with Gasteiger partial charge in [-0.1, -0.05) is 0 Å². The lowest BCUT2D eigenvalue weighted by molar-refractivity contribution is -0.147. The van der Waals surface area contributed by atoms with Crippen LogP contribution >= 0.6 is 0 Å². The molecule has 1 saturated carbocycles. The van der Waals surface area contributed by atoms with Gasteiger partial charge in [-0.2, -0.15) is 0 Å². The number of nitrogens with zero attached hydrogens (tertiary/aromatic N) is 1. The van der Waals surface area contributed by atoms with Crippen LogP contribution in [0.5, 0.6) is 0 Å². The molecule has 0 bridgehead atoms. The van der Waals surface area contributed by atoms with Gasteiger partial charge in [0.2, 0.25) is 0 Å². The van der Waals surface area contributed by atoms with Crippen molar-refractivity contribution in [2.75, 3.05) is 6.54 Å². The summed E-state index contributed by atoms with van der Waals surface area (Å²) in [4.78, 5) is 6.24. The summed E-state index contributed by atoms with van der Waals surface area (Å²) < 4.78 is 0. The zero-order chi connectivity index (χ0) is 13.1. The minimum absolute atomic E-state index is 0.111. The van der Waals surface area contributed by atoms with Crippen molar-refractivity contribution in [2.45, 2.75) is 57.3 Å². The molecule has 0 aromatic rings. The van der Waals surface area contributed by atoms with Crippen molar-refractivity contribution in [1.29, 1.82) is 0 Å². The average molecular weight is 260 g/mol. The van der Waals surface area contributed by atoms with Crippen molar-refractivity contribution in [2.24, 2.45) is 17.7 Å². The molecule has 0 radical (unpaired) electrons. The first kappa shape index (κ1) is 14.2. The van der Waals surface area contributed by atoms with E-state index in [1.54, 1.807) is 4.90 Å². The van der Waals surface area contributed by atoms with Crippen LogP contribution in [-0.2, 0) is 4.84 Å². The summed E-state index contributed by atoms with van der Waals surface area (Å²) in [5.41, 5.74) is 0. The Morgan fingerprint density at radius 3 is 2.11 bits per heavy atom. The third-order valence-electron chi connectivity index (χ3n) is 4.35. The van der Waals surface area contributed by atoms with E-state index in [9.17, 15) is 15.3 Å². The minimum Gasteiger partial charge on any atom is -0.378 e. The average Bonchev–Trinajstić information content (AvgIpc) is 2.70. The van der Waals surface area contributed by atoms with Crippen molar-refractivity contribution >= 4 is 0 Å². The van der Waals surface area contributed by atoms with Crippen LogP contribution in [0.15, 0.2) is 0 Å². The van der Waals surface area contributed by atoms with Gasteiger partial charge in [-0.15, -0.1) is 0 Å². The van der Waals surface area contributed by atoms with Gasteiger partial charge in [0, 0.05) is 12.5 Å². The fourth-order valence-electron chi connectivity index (χ4n) is 3.14. The molecule has 1 saturated heterocycles. The molecule has 0 aromatic heterocycles. The molecule has 5 N–H and O–H groups in total. The Labute approximate surface area is 107 Å². The molecule has 106 valence electrons. The topological polar surface area (TPSA) is 99.2 Å². The van der Waals surface area contributed by atoms with Gasteiger partial charge in [0.25, 0.3) is 0 Å². The Morgan fingerprint density at radius 2 is 1.61 bits per heavy atom. The van der Waals surface area contributed by atoms with Gasteiger partial charge >= 0.3 is 0 Å². The van der Waals surface area contributed by atoms with E-state index in [0.29, 0.717) is 18.8 Å². The second-order valence-electron chi connectivity index (χ2n) is 5.54. The third kappa shape index (κ3) is 3.20. The lowest BCUT2D eigenvalue weighted by Crippen LogP contribution is -2.41. The number of aliphatic hydroxyl groups is 3. The van der Waals surface area contributed by atoms with E-state index >= 15 is 0 Å². The van der Waals surface area contributed by atoms with Crippen LogP contribution in [0.3, 0.4) is 0 Å². The zero-order valence-corrected chi connectivity index (χ0v) is 10.6. The van der Waals surface area contributed by atoms with Gasteiger partial charge in [0.05, 0.1) is 0 Å². The molecule has 6 nitrogen and oxygen atoms in total. The first-order valence-electron chi connectivity index (χ1n) is 6.77. The molecule has 0 amide bonds. The molecule has 2 aliphatic rings. The highest BCUT2D eigenvalue weighted by molar-refractivity contribution is 4.81. The molecular weight excluding hydrogens is 236 g/mol. The Hall–Kier alpha value is -0.240. The predicted molar refractivity (Wildman–Crippen MR) is 64.7 cm³/mol. The van der Waals surface area contributed by atoms with Crippen LogP contribution in [0.4, 0.5) is 0 Å².